The maximum Gasteiger partial charge on any atom is 0.142 e. The molecule has 1 heterocycles. The summed E-state index contributed by atoms with van der Waals surface area (Å²) in [6.45, 7) is 4.69. The highest BCUT2D eigenvalue weighted by atomic mass is 32.2. The second kappa shape index (κ2) is 7.55. The molecule has 1 N–H and O–H groups in total. The van der Waals surface area contributed by atoms with Gasteiger partial charge in [-0.15, -0.1) is 0 Å². The van der Waals surface area contributed by atoms with Crippen molar-refractivity contribution in [1.29, 1.82) is 0 Å². The fourth-order valence-corrected chi connectivity index (χ4v) is 3.47. The van der Waals surface area contributed by atoms with E-state index in [1.54, 1.807) is 0 Å². The van der Waals surface area contributed by atoms with Crippen molar-refractivity contribution in [3.8, 4) is 22.4 Å². The van der Waals surface area contributed by atoms with Crippen LogP contribution in [0.3, 0.4) is 0 Å². The molecule has 4 nitrogen and oxygen atoms in total. The molecule has 5 heteroatoms. The van der Waals surface area contributed by atoms with Crippen molar-refractivity contribution in [3.63, 3.8) is 0 Å². The van der Waals surface area contributed by atoms with Gasteiger partial charge in [-0.1, -0.05) is 54.5 Å². The minimum absolute atomic E-state index is 0.733. The van der Waals surface area contributed by atoms with Crippen molar-refractivity contribution in [3.05, 3.63) is 60.4 Å². The third kappa shape index (κ3) is 3.47. The molecule has 1 unspecified atom stereocenters. The Balaban J connectivity index is 1.93. The normalized spacial score (nSPS) is 12.2. The van der Waals surface area contributed by atoms with Crippen molar-refractivity contribution in [2.45, 2.75) is 25.2 Å². The maximum atomic E-state index is 12.1. The van der Waals surface area contributed by atoms with Crippen LogP contribution in [0.25, 0.3) is 22.4 Å². The average molecular weight is 340 g/mol. The van der Waals surface area contributed by atoms with Crippen molar-refractivity contribution in [2.75, 3.05) is 6.54 Å². The Morgan fingerprint density at radius 3 is 2.42 bits per heavy atom. The van der Waals surface area contributed by atoms with E-state index in [0.717, 1.165) is 46.0 Å². The molecule has 3 rings (SSSR count). The molecule has 0 amide bonds. The molecule has 124 valence electrons. The first kappa shape index (κ1) is 16.6. The fourth-order valence-electron chi connectivity index (χ4n) is 2.53. The summed E-state index contributed by atoms with van der Waals surface area (Å²) in [6, 6.07) is 17.7. The number of nitrogens with zero attached hydrogens (tertiary/aromatic N) is 1. The quantitative estimate of drug-likeness (QED) is 0.726. The lowest BCUT2D eigenvalue weighted by Gasteiger charge is -2.06. The molecular weight excluding hydrogens is 320 g/mol. The Labute approximate surface area is 144 Å². The van der Waals surface area contributed by atoms with Crippen LogP contribution < -0.4 is 4.72 Å². The molecule has 2 aromatic carbocycles. The molecule has 1 aromatic heterocycles. The predicted octanol–water partition coefficient (Wildman–Crippen LogP) is 4.34. The second-order valence-electron chi connectivity index (χ2n) is 5.52. The first-order chi connectivity index (χ1) is 11.7. The van der Waals surface area contributed by atoms with Crippen LogP contribution in [0.1, 0.15) is 19.1 Å². The van der Waals surface area contributed by atoms with Gasteiger partial charge < -0.3 is 4.52 Å². The van der Waals surface area contributed by atoms with Crippen molar-refractivity contribution in [1.82, 2.24) is 9.88 Å². The van der Waals surface area contributed by atoms with Crippen LogP contribution in [-0.4, -0.2) is 15.9 Å². The van der Waals surface area contributed by atoms with E-state index in [4.69, 9.17) is 4.52 Å². The summed E-state index contributed by atoms with van der Waals surface area (Å²) in [4.78, 5) is 0.766. The van der Waals surface area contributed by atoms with Crippen LogP contribution in [0.5, 0.6) is 0 Å². The van der Waals surface area contributed by atoms with Gasteiger partial charge in [0.25, 0.3) is 0 Å². The summed E-state index contributed by atoms with van der Waals surface area (Å²) in [6.07, 6.45) is 0.949. The molecule has 0 saturated heterocycles. The minimum Gasteiger partial charge on any atom is -0.360 e. The number of benzene rings is 2. The van der Waals surface area contributed by atoms with Crippen molar-refractivity contribution in [2.24, 2.45) is 0 Å². The average Bonchev–Trinajstić information content (AvgIpc) is 3.02. The van der Waals surface area contributed by atoms with Gasteiger partial charge >= 0.3 is 0 Å². The number of hydrogen-bond acceptors (Lipinski definition) is 3. The molecule has 0 spiro atoms. The lowest BCUT2D eigenvalue weighted by Crippen LogP contribution is -2.17. The van der Waals surface area contributed by atoms with Gasteiger partial charge in [0, 0.05) is 12.1 Å². The number of rotatable bonds is 6. The highest BCUT2D eigenvalue weighted by Gasteiger charge is 2.16. The third-order valence-corrected chi connectivity index (χ3v) is 4.92. The van der Waals surface area contributed by atoms with Crippen molar-refractivity contribution < 1.29 is 8.73 Å². The smallest absolute Gasteiger partial charge is 0.142 e. The molecule has 0 fully saturated rings. The van der Waals surface area contributed by atoms with Gasteiger partial charge in [0.2, 0.25) is 0 Å². The van der Waals surface area contributed by atoms with Crippen LogP contribution in [0.4, 0.5) is 0 Å². The Morgan fingerprint density at radius 1 is 1.04 bits per heavy atom. The van der Waals surface area contributed by atoms with Gasteiger partial charge in [-0.25, -0.2) is 8.93 Å². The number of nitrogens with one attached hydrogen (secondary N) is 1. The second-order valence-corrected chi connectivity index (χ2v) is 6.81. The minimum atomic E-state index is -1.17. The van der Waals surface area contributed by atoms with Gasteiger partial charge in [0.15, 0.2) is 0 Å². The number of aromatic nitrogens is 1. The molecule has 1 atom stereocenters. The van der Waals surface area contributed by atoms with E-state index >= 15 is 0 Å². The van der Waals surface area contributed by atoms with Crippen LogP contribution in [0, 0.1) is 6.92 Å². The predicted molar refractivity (Wildman–Crippen MR) is 96.8 cm³/mol. The fraction of sp³-hybridized carbons (Fsp3) is 0.211. The summed E-state index contributed by atoms with van der Waals surface area (Å²) in [5, 5.41) is 4.21. The largest absolute Gasteiger partial charge is 0.360 e. The summed E-state index contributed by atoms with van der Waals surface area (Å²) in [5.41, 5.74) is 3.82. The van der Waals surface area contributed by atoms with Gasteiger partial charge in [0.1, 0.15) is 22.4 Å². The standard InChI is InChI=1S/C19H20N2O2S/c1-3-13-20-24(22)17-11-9-15(10-12-17)18-14(2)23-21-19(18)16-7-5-4-6-8-16/h4-12,20H,3,13H2,1-2H3. The van der Waals surface area contributed by atoms with E-state index in [1.807, 2.05) is 68.4 Å². The van der Waals surface area contributed by atoms with E-state index < -0.39 is 11.0 Å². The lowest BCUT2D eigenvalue weighted by atomic mass is 10.00. The zero-order valence-electron chi connectivity index (χ0n) is 13.8. The summed E-state index contributed by atoms with van der Waals surface area (Å²) >= 11 is 0. The molecule has 0 aliphatic rings. The molecule has 24 heavy (non-hydrogen) atoms. The van der Waals surface area contributed by atoms with Crippen LogP contribution in [0.2, 0.25) is 0 Å². The monoisotopic (exact) mass is 340 g/mol. The van der Waals surface area contributed by atoms with Gasteiger partial charge in [-0.2, -0.15) is 0 Å². The van der Waals surface area contributed by atoms with Crippen LogP contribution in [-0.2, 0) is 11.0 Å². The SMILES string of the molecule is CCCNS(=O)c1ccc(-c2c(-c3ccccc3)noc2C)cc1. The summed E-state index contributed by atoms with van der Waals surface area (Å²) in [7, 11) is -1.17. The van der Waals surface area contributed by atoms with Gasteiger partial charge in [-0.05, 0) is 31.0 Å². The summed E-state index contributed by atoms with van der Waals surface area (Å²) in [5.74, 6) is 0.770. The van der Waals surface area contributed by atoms with E-state index in [2.05, 4.69) is 9.88 Å². The Morgan fingerprint density at radius 2 is 1.75 bits per heavy atom. The highest BCUT2D eigenvalue weighted by Crippen LogP contribution is 2.34. The zero-order chi connectivity index (χ0) is 16.9. The van der Waals surface area contributed by atoms with Gasteiger partial charge in [-0.3, -0.25) is 0 Å². The third-order valence-electron chi connectivity index (χ3n) is 3.75. The van der Waals surface area contributed by atoms with E-state index in [-0.39, 0.29) is 0 Å². The highest BCUT2D eigenvalue weighted by molar-refractivity contribution is 7.83. The first-order valence-electron chi connectivity index (χ1n) is 7.98. The van der Waals surface area contributed by atoms with Gasteiger partial charge in [0.05, 0.1) is 10.5 Å². The Hall–Kier alpha value is -2.24. The van der Waals surface area contributed by atoms with E-state index in [0.29, 0.717) is 0 Å². The zero-order valence-corrected chi connectivity index (χ0v) is 14.6. The summed E-state index contributed by atoms with van der Waals surface area (Å²) < 4.78 is 20.5. The van der Waals surface area contributed by atoms with Crippen LogP contribution >= 0.6 is 0 Å². The molecule has 0 aliphatic heterocycles. The molecule has 0 bridgehead atoms. The number of hydrogen-bond donors (Lipinski definition) is 1. The number of aryl methyl sites for hydroxylation is 1. The molecule has 0 saturated carbocycles. The molecule has 3 aromatic rings. The maximum absolute atomic E-state index is 12.1. The van der Waals surface area contributed by atoms with Crippen LogP contribution in [0.15, 0.2) is 64.0 Å². The molecule has 0 aliphatic carbocycles. The lowest BCUT2D eigenvalue weighted by molar-refractivity contribution is 0.400. The first-order valence-corrected chi connectivity index (χ1v) is 9.13. The van der Waals surface area contributed by atoms with E-state index in [9.17, 15) is 4.21 Å². The van der Waals surface area contributed by atoms with E-state index in [1.165, 1.54) is 0 Å². The Kier molecular flexibility index (Phi) is 5.23. The topological polar surface area (TPSA) is 55.1 Å². The van der Waals surface area contributed by atoms with Crippen molar-refractivity contribution >= 4 is 11.0 Å². The Bertz CT molecular complexity index is 826. The molecular formula is C19H20N2O2S. The molecule has 0 radical (unpaired) electrons.